The molecule has 0 fully saturated rings. The van der Waals surface area contributed by atoms with Crippen LogP contribution in [-0.4, -0.2) is 11.1 Å². The number of nitrogens with one attached hydrogen (secondary N) is 2. The highest BCUT2D eigenvalue weighted by Gasteiger charge is 2.27. The summed E-state index contributed by atoms with van der Waals surface area (Å²) in [5.41, 5.74) is 2.00. The van der Waals surface area contributed by atoms with Gasteiger partial charge >= 0.3 is 0 Å². The molecule has 2 unspecified atom stereocenters. The van der Waals surface area contributed by atoms with Crippen LogP contribution in [-0.2, 0) is 0 Å². The highest BCUT2D eigenvalue weighted by molar-refractivity contribution is 5.34. The minimum absolute atomic E-state index is 0.294. The molecule has 4 nitrogen and oxygen atoms in total. The van der Waals surface area contributed by atoms with Crippen molar-refractivity contribution in [1.82, 2.24) is 10.6 Å². The number of hydrogen-bond acceptors (Lipinski definition) is 4. The average molecular weight is 280 g/mol. The molecular weight excluding hydrogens is 260 g/mol. The van der Waals surface area contributed by atoms with E-state index in [-0.39, 0.29) is 11.1 Å². The van der Waals surface area contributed by atoms with E-state index < -0.39 is 0 Å². The molecular formula is C17H20N4. The number of nitrogens with zero attached hydrogens (tertiary/aromatic N) is 2. The van der Waals surface area contributed by atoms with Crippen LogP contribution in [0.5, 0.6) is 0 Å². The van der Waals surface area contributed by atoms with Crippen LogP contribution in [0.15, 0.2) is 47.6 Å². The Morgan fingerprint density at radius 1 is 0.952 bits per heavy atom. The molecule has 2 rings (SSSR count). The van der Waals surface area contributed by atoms with Gasteiger partial charge < -0.3 is 10.6 Å². The molecule has 0 bridgehead atoms. The molecule has 0 saturated heterocycles. The average Bonchev–Trinajstić information content (AvgIpc) is 2.38. The highest BCUT2D eigenvalue weighted by atomic mass is 15.0. The van der Waals surface area contributed by atoms with Gasteiger partial charge in [0.15, 0.2) is 12.4 Å². The Hall–Kier alpha value is -2.46. The predicted octanol–water partition coefficient (Wildman–Crippen LogP) is 2.81. The van der Waals surface area contributed by atoms with Gasteiger partial charge in [-0.1, -0.05) is 47.6 Å². The first-order chi connectivity index (χ1) is 9.99. The van der Waals surface area contributed by atoms with Gasteiger partial charge in [0.1, 0.15) is 0 Å². The van der Waals surface area contributed by atoms with Crippen molar-refractivity contribution in [2.75, 3.05) is 0 Å². The van der Waals surface area contributed by atoms with Gasteiger partial charge in [-0.05, 0) is 33.1 Å². The quantitative estimate of drug-likeness (QED) is 0.613. The van der Waals surface area contributed by atoms with E-state index in [0.717, 1.165) is 19.3 Å². The maximum atomic E-state index is 8.85. The topological polar surface area (TPSA) is 71.6 Å². The Kier molecular flexibility index (Phi) is 4.19. The largest absolute Gasteiger partial charge is 0.314 e. The molecule has 4 heteroatoms. The molecule has 2 N–H and O–H groups in total. The molecule has 0 amide bonds. The van der Waals surface area contributed by atoms with Crippen molar-refractivity contribution >= 4 is 0 Å². The molecule has 0 aromatic carbocycles. The normalized spacial score (nSPS) is 30.7. The summed E-state index contributed by atoms with van der Waals surface area (Å²) in [6.45, 7) is 4.05. The molecule has 0 aromatic heterocycles. The van der Waals surface area contributed by atoms with E-state index in [2.05, 4.69) is 22.8 Å². The smallest absolute Gasteiger partial charge is 0.177 e. The van der Waals surface area contributed by atoms with Crippen LogP contribution in [0.4, 0.5) is 0 Å². The Morgan fingerprint density at radius 2 is 1.38 bits per heavy atom. The van der Waals surface area contributed by atoms with Gasteiger partial charge in [0.25, 0.3) is 0 Å². The Bertz CT molecular complexity index is 558. The van der Waals surface area contributed by atoms with E-state index in [0.29, 0.717) is 0 Å². The van der Waals surface area contributed by atoms with Gasteiger partial charge in [0.2, 0.25) is 0 Å². The van der Waals surface area contributed by atoms with Crippen LogP contribution in [0, 0.1) is 22.9 Å². The molecule has 0 spiro atoms. The van der Waals surface area contributed by atoms with Gasteiger partial charge in [-0.2, -0.15) is 10.5 Å². The zero-order valence-electron chi connectivity index (χ0n) is 12.5. The molecule has 108 valence electrons. The van der Waals surface area contributed by atoms with Gasteiger partial charge in [-0.3, -0.25) is 0 Å². The Labute approximate surface area is 126 Å². The minimum atomic E-state index is -0.294. The van der Waals surface area contributed by atoms with E-state index in [1.165, 1.54) is 11.1 Å². The lowest BCUT2D eigenvalue weighted by Crippen LogP contribution is -2.39. The third-order valence-electron chi connectivity index (χ3n) is 3.92. The van der Waals surface area contributed by atoms with Crippen molar-refractivity contribution in [2.24, 2.45) is 0 Å². The van der Waals surface area contributed by atoms with Crippen LogP contribution < -0.4 is 10.6 Å². The Morgan fingerprint density at radius 3 is 1.76 bits per heavy atom. The minimum Gasteiger partial charge on any atom is -0.314 e. The second kappa shape index (κ2) is 5.89. The number of rotatable bonds is 4. The van der Waals surface area contributed by atoms with E-state index in [1.807, 2.05) is 50.5 Å². The molecule has 21 heavy (non-hydrogen) atoms. The fourth-order valence-electron chi connectivity index (χ4n) is 2.93. The lowest BCUT2D eigenvalue weighted by molar-refractivity contribution is 0.478. The van der Waals surface area contributed by atoms with E-state index >= 15 is 0 Å². The van der Waals surface area contributed by atoms with Crippen LogP contribution in [0.1, 0.15) is 33.1 Å². The summed E-state index contributed by atoms with van der Waals surface area (Å²) in [6.07, 6.45) is 18.9. The standard InChI is InChI=1S/C17H20N4/c1-16(20-12-18)7-3-5-14(10-16)9-15-6-4-8-17(2,11-15)21-13-19/h3-8,20-21H,9-11H2,1-2H3. The molecule has 2 aliphatic rings. The SMILES string of the molecule is CC1(NC#N)C=CC=C(CC2=CC=CC(C)(NC#N)C2)C1. The van der Waals surface area contributed by atoms with Crippen LogP contribution in [0.25, 0.3) is 0 Å². The van der Waals surface area contributed by atoms with Crippen molar-refractivity contribution in [3.05, 3.63) is 47.6 Å². The Balaban J connectivity index is 2.04. The van der Waals surface area contributed by atoms with Crippen LogP contribution >= 0.6 is 0 Å². The molecule has 0 saturated carbocycles. The number of nitriles is 2. The molecule has 0 aliphatic heterocycles. The summed E-state index contributed by atoms with van der Waals surface area (Å²) < 4.78 is 0. The summed E-state index contributed by atoms with van der Waals surface area (Å²) in [5, 5.41) is 23.4. The fourth-order valence-corrected chi connectivity index (χ4v) is 2.93. The number of hydrogen-bond donors (Lipinski definition) is 2. The van der Waals surface area contributed by atoms with Gasteiger partial charge in [0.05, 0.1) is 11.1 Å². The van der Waals surface area contributed by atoms with Crippen LogP contribution in [0.2, 0.25) is 0 Å². The maximum Gasteiger partial charge on any atom is 0.177 e. The highest BCUT2D eigenvalue weighted by Crippen LogP contribution is 2.31. The van der Waals surface area contributed by atoms with E-state index in [1.54, 1.807) is 0 Å². The van der Waals surface area contributed by atoms with Crippen molar-refractivity contribution in [1.29, 1.82) is 10.5 Å². The third-order valence-corrected chi connectivity index (χ3v) is 3.92. The molecule has 0 aromatic rings. The van der Waals surface area contributed by atoms with Crippen molar-refractivity contribution in [3.63, 3.8) is 0 Å². The monoisotopic (exact) mass is 280 g/mol. The molecule has 2 atom stereocenters. The molecule has 0 heterocycles. The molecule has 0 radical (unpaired) electrons. The van der Waals surface area contributed by atoms with Crippen molar-refractivity contribution in [3.8, 4) is 12.4 Å². The molecule has 2 aliphatic carbocycles. The summed E-state index contributed by atoms with van der Waals surface area (Å²) in [6, 6.07) is 0. The van der Waals surface area contributed by atoms with Gasteiger partial charge in [-0.15, -0.1) is 0 Å². The second-order valence-electron chi connectivity index (χ2n) is 6.21. The maximum absolute atomic E-state index is 8.85. The van der Waals surface area contributed by atoms with Gasteiger partial charge in [0, 0.05) is 0 Å². The van der Waals surface area contributed by atoms with E-state index in [4.69, 9.17) is 10.5 Å². The fraction of sp³-hybridized carbons (Fsp3) is 0.412. The second-order valence-corrected chi connectivity index (χ2v) is 6.21. The van der Waals surface area contributed by atoms with Crippen LogP contribution in [0.3, 0.4) is 0 Å². The first-order valence-corrected chi connectivity index (χ1v) is 7.06. The van der Waals surface area contributed by atoms with Crippen molar-refractivity contribution in [2.45, 2.75) is 44.2 Å². The van der Waals surface area contributed by atoms with Gasteiger partial charge in [-0.25, -0.2) is 0 Å². The number of allylic oxidation sites excluding steroid dienone is 4. The third kappa shape index (κ3) is 3.77. The van der Waals surface area contributed by atoms with Crippen molar-refractivity contribution < 1.29 is 0 Å². The summed E-state index contributed by atoms with van der Waals surface area (Å²) in [7, 11) is 0. The predicted molar refractivity (Wildman–Crippen MR) is 82.6 cm³/mol. The first-order valence-electron chi connectivity index (χ1n) is 7.06. The zero-order chi connectivity index (χ0) is 15.3. The summed E-state index contributed by atoms with van der Waals surface area (Å²) >= 11 is 0. The summed E-state index contributed by atoms with van der Waals surface area (Å²) in [5.74, 6) is 0. The zero-order valence-corrected chi connectivity index (χ0v) is 12.5. The lowest BCUT2D eigenvalue weighted by Gasteiger charge is -2.31. The van der Waals surface area contributed by atoms with E-state index in [9.17, 15) is 0 Å². The first kappa shape index (κ1) is 14.9. The lowest BCUT2D eigenvalue weighted by atomic mass is 9.81. The summed E-state index contributed by atoms with van der Waals surface area (Å²) in [4.78, 5) is 0.